The maximum Gasteiger partial charge on any atom is 0.0931 e. The molecule has 0 bridgehead atoms. The van der Waals surface area contributed by atoms with E-state index in [4.69, 9.17) is 11.6 Å². The minimum absolute atomic E-state index is 0.886. The van der Waals surface area contributed by atoms with Gasteiger partial charge in [0.15, 0.2) is 0 Å². The van der Waals surface area contributed by atoms with E-state index in [1.165, 1.54) is 30.6 Å². The molecule has 1 radical (unpaired) electrons. The van der Waals surface area contributed by atoms with E-state index in [1.54, 1.807) is 11.3 Å². The van der Waals surface area contributed by atoms with Crippen LogP contribution in [-0.2, 0) is 0 Å². The van der Waals surface area contributed by atoms with Crippen LogP contribution >= 0.6 is 22.9 Å². The van der Waals surface area contributed by atoms with Crippen LogP contribution in [0.15, 0.2) is 12.1 Å². The van der Waals surface area contributed by atoms with Gasteiger partial charge >= 0.3 is 0 Å². The zero-order valence-corrected chi connectivity index (χ0v) is 8.92. The molecule has 0 N–H and O–H groups in total. The highest BCUT2D eigenvalue weighted by molar-refractivity contribution is 7.16. The van der Waals surface area contributed by atoms with Gasteiger partial charge in [-0.05, 0) is 18.6 Å². The summed E-state index contributed by atoms with van der Waals surface area (Å²) in [4.78, 5) is 1.30. The first-order valence-corrected chi connectivity index (χ1v) is 5.61. The van der Waals surface area contributed by atoms with Crippen molar-refractivity contribution in [3.8, 4) is 0 Å². The summed E-state index contributed by atoms with van der Waals surface area (Å²) in [7, 11) is 0. The maximum absolute atomic E-state index is 5.80. The smallest absolute Gasteiger partial charge is 0.0931 e. The van der Waals surface area contributed by atoms with E-state index in [-0.39, 0.29) is 0 Å². The molecule has 1 rings (SSSR count). The van der Waals surface area contributed by atoms with Gasteiger partial charge in [-0.15, -0.1) is 11.3 Å². The number of thiophene rings is 1. The van der Waals surface area contributed by atoms with Gasteiger partial charge in [-0.25, -0.2) is 0 Å². The van der Waals surface area contributed by atoms with Gasteiger partial charge in [0, 0.05) is 11.3 Å². The summed E-state index contributed by atoms with van der Waals surface area (Å²) in [5, 5.41) is 0. The first-order chi connectivity index (χ1) is 5.83. The summed E-state index contributed by atoms with van der Waals surface area (Å²) in [6.45, 7) is 2.22. The summed E-state index contributed by atoms with van der Waals surface area (Å²) in [6.07, 6.45) is 7.37. The third kappa shape index (κ3) is 3.59. The van der Waals surface area contributed by atoms with Crippen molar-refractivity contribution in [3.05, 3.63) is 27.8 Å². The van der Waals surface area contributed by atoms with Gasteiger partial charge in [0.1, 0.15) is 0 Å². The number of rotatable bonds is 5. The van der Waals surface area contributed by atoms with Crippen LogP contribution in [0.25, 0.3) is 0 Å². The van der Waals surface area contributed by atoms with Crippen molar-refractivity contribution in [2.24, 2.45) is 0 Å². The van der Waals surface area contributed by atoms with Crippen LogP contribution in [0.2, 0.25) is 4.34 Å². The molecule has 0 aromatic carbocycles. The van der Waals surface area contributed by atoms with Crippen LogP contribution in [0.4, 0.5) is 0 Å². The van der Waals surface area contributed by atoms with Gasteiger partial charge in [0.25, 0.3) is 0 Å². The number of hydrogen-bond donors (Lipinski definition) is 0. The predicted octanol–water partition coefficient (Wildman–Crippen LogP) is 4.53. The monoisotopic (exact) mass is 201 g/mol. The van der Waals surface area contributed by atoms with E-state index in [0.29, 0.717) is 0 Å². The Morgan fingerprint density at radius 2 is 2.25 bits per heavy atom. The zero-order valence-electron chi connectivity index (χ0n) is 7.35. The van der Waals surface area contributed by atoms with Crippen LogP contribution < -0.4 is 0 Å². The molecule has 0 amide bonds. The van der Waals surface area contributed by atoms with Crippen molar-refractivity contribution in [2.45, 2.75) is 32.6 Å². The molecule has 12 heavy (non-hydrogen) atoms. The Hall–Kier alpha value is -0.0100. The Bertz CT molecular complexity index is 217. The van der Waals surface area contributed by atoms with Crippen LogP contribution in [0.1, 0.15) is 37.5 Å². The molecular weight excluding hydrogens is 188 g/mol. The minimum Gasteiger partial charge on any atom is -0.128 e. The summed E-state index contributed by atoms with van der Waals surface area (Å²) >= 11 is 7.45. The first kappa shape index (κ1) is 10.1. The SMILES string of the molecule is CCCCC[CH]c1ccc(Cl)s1. The molecule has 2 heteroatoms. The molecule has 1 heterocycles. The zero-order chi connectivity index (χ0) is 8.81. The van der Waals surface area contributed by atoms with Crippen LogP contribution in [0.5, 0.6) is 0 Å². The molecule has 0 fully saturated rings. The van der Waals surface area contributed by atoms with Crippen LogP contribution in [-0.4, -0.2) is 0 Å². The lowest BCUT2D eigenvalue weighted by atomic mass is 10.1. The molecule has 67 valence electrons. The molecule has 0 atom stereocenters. The number of halogens is 1. The lowest BCUT2D eigenvalue weighted by Crippen LogP contribution is -1.77. The van der Waals surface area contributed by atoms with Crippen molar-refractivity contribution in [2.75, 3.05) is 0 Å². The Labute approximate surface area is 83.6 Å². The second-order valence-electron chi connectivity index (χ2n) is 2.84. The lowest BCUT2D eigenvalue weighted by Gasteiger charge is -1.95. The van der Waals surface area contributed by atoms with E-state index in [2.05, 4.69) is 19.4 Å². The van der Waals surface area contributed by atoms with E-state index < -0.39 is 0 Å². The van der Waals surface area contributed by atoms with Crippen LogP contribution in [0.3, 0.4) is 0 Å². The third-order valence-electron chi connectivity index (χ3n) is 1.75. The highest BCUT2D eigenvalue weighted by Crippen LogP contribution is 2.24. The van der Waals surface area contributed by atoms with Gasteiger partial charge in [-0.3, -0.25) is 0 Å². The summed E-state index contributed by atoms with van der Waals surface area (Å²) < 4.78 is 0.886. The Balaban J connectivity index is 2.15. The molecule has 0 saturated carbocycles. The van der Waals surface area contributed by atoms with Gasteiger partial charge in [0.2, 0.25) is 0 Å². The second kappa shape index (κ2) is 5.60. The second-order valence-corrected chi connectivity index (χ2v) is 4.59. The molecule has 0 unspecified atom stereocenters. The number of hydrogen-bond acceptors (Lipinski definition) is 1. The summed E-state index contributed by atoms with van der Waals surface area (Å²) in [6, 6.07) is 4.04. The lowest BCUT2D eigenvalue weighted by molar-refractivity contribution is 0.716. The Morgan fingerprint density at radius 3 is 2.83 bits per heavy atom. The molecule has 0 aliphatic carbocycles. The molecule has 1 aromatic rings. The predicted molar refractivity (Wildman–Crippen MR) is 56.9 cm³/mol. The van der Waals surface area contributed by atoms with E-state index in [0.717, 1.165) is 4.34 Å². The fourth-order valence-corrected chi connectivity index (χ4v) is 2.11. The molecule has 0 saturated heterocycles. The Kier molecular flexibility index (Phi) is 4.70. The van der Waals surface area contributed by atoms with E-state index >= 15 is 0 Å². The number of unbranched alkanes of at least 4 members (excludes halogenated alkanes) is 3. The molecular formula is C10H14ClS. The van der Waals surface area contributed by atoms with E-state index in [9.17, 15) is 0 Å². The van der Waals surface area contributed by atoms with Crippen molar-refractivity contribution in [3.63, 3.8) is 0 Å². The Morgan fingerprint density at radius 1 is 1.42 bits per heavy atom. The van der Waals surface area contributed by atoms with Crippen molar-refractivity contribution in [1.29, 1.82) is 0 Å². The van der Waals surface area contributed by atoms with Crippen molar-refractivity contribution >= 4 is 22.9 Å². The van der Waals surface area contributed by atoms with Crippen LogP contribution in [0, 0.1) is 6.42 Å². The molecule has 0 nitrogen and oxygen atoms in total. The first-order valence-electron chi connectivity index (χ1n) is 4.41. The molecule has 0 spiro atoms. The quantitative estimate of drug-likeness (QED) is 0.614. The van der Waals surface area contributed by atoms with Gasteiger partial charge in [0.05, 0.1) is 4.34 Å². The normalized spacial score (nSPS) is 10.5. The average molecular weight is 202 g/mol. The van der Waals surface area contributed by atoms with Crippen molar-refractivity contribution in [1.82, 2.24) is 0 Å². The fourth-order valence-electron chi connectivity index (χ4n) is 1.08. The van der Waals surface area contributed by atoms with Gasteiger partial charge in [-0.2, -0.15) is 0 Å². The highest BCUT2D eigenvalue weighted by Gasteiger charge is 1.97. The molecule has 0 aliphatic rings. The maximum atomic E-state index is 5.80. The standard InChI is InChI=1S/C10H14ClS/c1-2-3-4-5-6-9-7-8-10(11)12-9/h6-8H,2-5H2,1H3. The minimum atomic E-state index is 0.886. The fraction of sp³-hybridized carbons (Fsp3) is 0.500. The molecule has 0 aliphatic heterocycles. The van der Waals surface area contributed by atoms with Crippen molar-refractivity contribution < 1.29 is 0 Å². The summed E-state index contributed by atoms with van der Waals surface area (Å²) in [5.74, 6) is 0. The third-order valence-corrected chi connectivity index (χ3v) is 2.97. The topological polar surface area (TPSA) is 0 Å². The highest BCUT2D eigenvalue weighted by atomic mass is 35.5. The summed E-state index contributed by atoms with van der Waals surface area (Å²) in [5.41, 5.74) is 0. The largest absolute Gasteiger partial charge is 0.128 e. The average Bonchev–Trinajstić information content (AvgIpc) is 2.45. The van der Waals surface area contributed by atoms with E-state index in [1.807, 2.05) is 6.07 Å². The van der Waals surface area contributed by atoms with Gasteiger partial charge < -0.3 is 0 Å². The van der Waals surface area contributed by atoms with Gasteiger partial charge in [-0.1, -0.05) is 37.8 Å². The molecule has 1 aromatic heterocycles.